The first kappa shape index (κ1) is 14.3. The minimum Gasteiger partial charge on any atom is -0.496 e. The van der Waals surface area contributed by atoms with Crippen LogP contribution >= 0.6 is 0 Å². The van der Waals surface area contributed by atoms with Crippen LogP contribution in [-0.4, -0.2) is 18.6 Å². The van der Waals surface area contributed by atoms with Crippen molar-refractivity contribution in [2.45, 2.75) is 27.2 Å². The third-order valence-electron chi connectivity index (χ3n) is 3.12. The van der Waals surface area contributed by atoms with Crippen LogP contribution in [0.15, 0.2) is 18.2 Å². The molecule has 1 N–H and O–H groups in total. The van der Waals surface area contributed by atoms with Gasteiger partial charge in [0.05, 0.1) is 18.1 Å². The zero-order chi connectivity index (χ0) is 13.8. The molecule has 0 unspecified atom stereocenters. The van der Waals surface area contributed by atoms with Crippen molar-refractivity contribution in [3.8, 4) is 5.75 Å². The summed E-state index contributed by atoms with van der Waals surface area (Å²) in [4.78, 5) is 10.6. The van der Waals surface area contributed by atoms with Crippen molar-refractivity contribution in [2.24, 2.45) is 5.41 Å². The minimum atomic E-state index is -0.399. The Hall–Kier alpha value is -1.78. The van der Waals surface area contributed by atoms with Crippen LogP contribution in [0.5, 0.6) is 5.75 Å². The van der Waals surface area contributed by atoms with E-state index in [9.17, 15) is 10.1 Å². The zero-order valence-electron chi connectivity index (χ0n) is 11.3. The van der Waals surface area contributed by atoms with Gasteiger partial charge in [-0.1, -0.05) is 20.8 Å². The van der Waals surface area contributed by atoms with Crippen LogP contribution in [0.3, 0.4) is 0 Å². The molecule has 0 aromatic heterocycles. The quantitative estimate of drug-likeness (QED) is 0.622. The molecule has 5 nitrogen and oxygen atoms in total. The molecule has 0 spiro atoms. The standard InChI is InChI=1S/C13H20N2O3/c1-5-13(2,3)9-14-11-7-6-10(18-4)8-12(11)15(16)17/h6-8,14H,5,9H2,1-4H3. The summed E-state index contributed by atoms with van der Waals surface area (Å²) < 4.78 is 4.99. The van der Waals surface area contributed by atoms with E-state index in [0.29, 0.717) is 18.0 Å². The molecule has 1 rings (SSSR count). The van der Waals surface area contributed by atoms with Gasteiger partial charge in [0.25, 0.3) is 5.69 Å². The maximum absolute atomic E-state index is 11.0. The van der Waals surface area contributed by atoms with Crippen LogP contribution < -0.4 is 10.1 Å². The number of hydrogen-bond donors (Lipinski definition) is 1. The normalized spacial score (nSPS) is 11.1. The van der Waals surface area contributed by atoms with Crippen LogP contribution in [0.25, 0.3) is 0 Å². The lowest BCUT2D eigenvalue weighted by Gasteiger charge is -2.23. The molecule has 0 amide bonds. The summed E-state index contributed by atoms with van der Waals surface area (Å²) in [5.41, 5.74) is 0.678. The number of nitro benzene ring substituents is 1. The van der Waals surface area contributed by atoms with Crippen molar-refractivity contribution < 1.29 is 9.66 Å². The third-order valence-corrected chi connectivity index (χ3v) is 3.12. The summed E-state index contributed by atoms with van der Waals surface area (Å²) >= 11 is 0. The predicted molar refractivity (Wildman–Crippen MR) is 72.2 cm³/mol. The number of anilines is 1. The second kappa shape index (κ2) is 5.71. The Morgan fingerprint density at radius 2 is 2.11 bits per heavy atom. The first-order valence-corrected chi connectivity index (χ1v) is 5.96. The lowest BCUT2D eigenvalue weighted by atomic mass is 9.90. The predicted octanol–water partition coefficient (Wildman–Crippen LogP) is 3.45. The van der Waals surface area contributed by atoms with E-state index < -0.39 is 4.92 Å². The lowest BCUT2D eigenvalue weighted by Crippen LogP contribution is -2.22. The van der Waals surface area contributed by atoms with Crippen LogP contribution in [0.4, 0.5) is 11.4 Å². The number of nitrogens with one attached hydrogen (secondary N) is 1. The molecule has 100 valence electrons. The Morgan fingerprint density at radius 1 is 1.44 bits per heavy atom. The van der Waals surface area contributed by atoms with Gasteiger partial charge in [0, 0.05) is 6.54 Å². The maximum Gasteiger partial charge on any atom is 0.296 e. The average Bonchev–Trinajstić information content (AvgIpc) is 2.36. The molecule has 1 aromatic carbocycles. The molecular formula is C13H20N2O3. The molecule has 0 fully saturated rings. The molecule has 5 heteroatoms. The second-order valence-electron chi connectivity index (χ2n) is 5.01. The van der Waals surface area contributed by atoms with Crippen molar-refractivity contribution in [1.82, 2.24) is 0 Å². The maximum atomic E-state index is 11.0. The first-order chi connectivity index (χ1) is 8.39. The number of nitro groups is 1. The third kappa shape index (κ3) is 3.61. The van der Waals surface area contributed by atoms with Crippen molar-refractivity contribution in [1.29, 1.82) is 0 Å². The number of hydrogen-bond acceptors (Lipinski definition) is 4. The molecule has 0 radical (unpaired) electrons. The summed E-state index contributed by atoms with van der Waals surface area (Å²) in [5.74, 6) is 0.488. The van der Waals surface area contributed by atoms with Crippen LogP contribution in [0.2, 0.25) is 0 Å². The van der Waals surface area contributed by atoms with Gasteiger partial charge in [-0.2, -0.15) is 0 Å². The van der Waals surface area contributed by atoms with E-state index in [2.05, 4.69) is 26.1 Å². The molecule has 0 aliphatic heterocycles. The van der Waals surface area contributed by atoms with Crippen LogP contribution in [-0.2, 0) is 0 Å². The Morgan fingerprint density at radius 3 is 2.61 bits per heavy atom. The van der Waals surface area contributed by atoms with E-state index in [1.165, 1.54) is 13.2 Å². The van der Waals surface area contributed by atoms with Gasteiger partial charge < -0.3 is 10.1 Å². The zero-order valence-corrected chi connectivity index (χ0v) is 11.3. The highest BCUT2D eigenvalue weighted by Crippen LogP contribution is 2.30. The van der Waals surface area contributed by atoms with Gasteiger partial charge in [0.15, 0.2) is 0 Å². The number of rotatable bonds is 6. The molecule has 0 bridgehead atoms. The molecule has 18 heavy (non-hydrogen) atoms. The van der Waals surface area contributed by atoms with Gasteiger partial charge in [0.1, 0.15) is 11.4 Å². The van der Waals surface area contributed by atoms with Crippen LogP contribution in [0, 0.1) is 15.5 Å². The van der Waals surface area contributed by atoms with E-state index in [1.54, 1.807) is 12.1 Å². The number of ether oxygens (including phenoxy) is 1. The van der Waals surface area contributed by atoms with E-state index in [0.717, 1.165) is 6.42 Å². The van der Waals surface area contributed by atoms with E-state index in [1.807, 2.05) is 0 Å². The monoisotopic (exact) mass is 252 g/mol. The van der Waals surface area contributed by atoms with Gasteiger partial charge in [-0.15, -0.1) is 0 Å². The molecule has 0 heterocycles. The highest BCUT2D eigenvalue weighted by atomic mass is 16.6. The fraction of sp³-hybridized carbons (Fsp3) is 0.538. The Kier molecular flexibility index (Phi) is 4.53. The molecule has 0 aliphatic rings. The lowest BCUT2D eigenvalue weighted by molar-refractivity contribution is -0.384. The number of benzene rings is 1. The second-order valence-corrected chi connectivity index (χ2v) is 5.01. The van der Waals surface area contributed by atoms with Crippen molar-refractivity contribution in [2.75, 3.05) is 19.0 Å². The number of nitrogens with zero attached hydrogens (tertiary/aromatic N) is 1. The summed E-state index contributed by atoms with van der Waals surface area (Å²) in [6.45, 7) is 7.03. The molecule has 0 saturated heterocycles. The van der Waals surface area contributed by atoms with Gasteiger partial charge in [-0.05, 0) is 24.0 Å². The molecule has 0 saturated carbocycles. The molecule has 0 aliphatic carbocycles. The molecular weight excluding hydrogens is 232 g/mol. The molecule has 0 atom stereocenters. The van der Waals surface area contributed by atoms with E-state index in [-0.39, 0.29) is 11.1 Å². The smallest absolute Gasteiger partial charge is 0.296 e. The summed E-state index contributed by atoms with van der Waals surface area (Å²) in [6.07, 6.45) is 1.00. The van der Waals surface area contributed by atoms with Gasteiger partial charge in [-0.25, -0.2) is 0 Å². The van der Waals surface area contributed by atoms with Crippen molar-refractivity contribution in [3.05, 3.63) is 28.3 Å². The average molecular weight is 252 g/mol. The van der Waals surface area contributed by atoms with Crippen molar-refractivity contribution in [3.63, 3.8) is 0 Å². The minimum absolute atomic E-state index is 0.0428. The first-order valence-electron chi connectivity index (χ1n) is 5.96. The topological polar surface area (TPSA) is 64.4 Å². The summed E-state index contributed by atoms with van der Waals surface area (Å²) in [5, 5.41) is 14.1. The van der Waals surface area contributed by atoms with Gasteiger partial charge in [0.2, 0.25) is 0 Å². The van der Waals surface area contributed by atoms with Gasteiger partial charge >= 0.3 is 0 Å². The van der Waals surface area contributed by atoms with E-state index in [4.69, 9.17) is 4.74 Å². The highest BCUT2D eigenvalue weighted by Gasteiger charge is 2.19. The Bertz CT molecular complexity index is 430. The van der Waals surface area contributed by atoms with E-state index >= 15 is 0 Å². The highest BCUT2D eigenvalue weighted by molar-refractivity contribution is 5.63. The fourth-order valence-electron chi connectivity index (χ4n) is 1.40. The summed E-state index contributed by atoms with van der Waals surface area (Å²) in [7, 11) is 1.49. The molecule has 1 aromatic rings. The Labute approximate surface area is 107 Å². The summed E-state index contributed by atoms with van der Waals surface area (Å²) in [6, 6.07) is 4.83. The number of methoxy groups -OCH3 is 1. The largest absolute Gasteiger partial charge is 0.496 e. The van der Waals surface area contributed by atoms with Gasteiger partial charge in [-0.3, -0.25) is 10.1 Å². The Balaban J connectivity index is 2.91. The van der Waals surface area contributed by atoms with Crippen molar-refractivity contribution >= 4 is 11.4 Å². The SMILES string of the molecule is CCC(C)(C)CNc1ccc(OC)cc1[N+](=O)[O-]. The fourth-order valence-corrected chi connectivity index (χ4v) is 1.40. The van der Waals surface area contributed by atoms with Crippen LogP contribution in [0.1, 0.15) is 27.2 Å².